The first-order valence-corrected chi connectivity index (χ1v) is 9.76. The second kappa shape index (κ2) is 9.21. The first-order valence-electron chi connectivity index (χ1n) is 9.76. The molecule has 1 aromatic heterocycles. The van der Waals surface area contributed by atoms with Crippen LogP contribution in [0.2, 0.25) is 0 Å². The van der Waals surface area contributed by atoms with E-state index >= 15 is 0 Å². The van der Waals surface area contributed by atoms with Gasteiger partial charge in [-0.2, -0.15) is 0 Å². The molecule has 0 atom stereocenters. The monoisotopic (exact) mass is 388 g/mol. The summed E-state index contributed by atoms with van der Waals surface area (Å²) in [6.07, 6.45) is 1.64. The van der Waals surface area contributed by atoms with Gasteiger partial charge in [0.2, 0.25) is 0 Å². The fraction of sp³-hybridized carbons (Fsp3) is 0.217. The molecule has 0 unspecified atom stereocenters. The molecule has 0 aliphatic carbocycles. The number of ether oxygens (including phenoxy) is 1. The summed E-state index contributed by atoms with van der Waals surface area (Å²) < 4.78 is 5.40. The van der Waals surface area contributed by atoms with Crippen molar-refractivity contribution in [2.75, 3.05) is 36.5 Å². The van der Waals surface area contributed by atoms with Gasteiger partial charge in [-0.15, -0.1) is 0 Å². The first-order chi connectivity index (χ1) is 14.3. The van der Waals surface area contributed by atoms with E-state index in [2.05, 4.69) is 32.7 Å². The number of benzene rings is 2. The predicted octanol–water partition coefficient (Wildman–Crippen LogP) is 3.59. The van der Waals surface area contributed by atoms with Gasteiger partial charge in [0.05, 0.1) is 13.2 Å². The van der Waals surface area contributed by atoms with E-state index in [0.717, 1.165) is 37.6 Å². The van der Waals surface area contributed by atoms with Gasteiger partial charge in [-0.25, -0.2) is 4.98 Å². The van der Waals surface area contributed by atoms with E-state index in [-0.39, 0.29) is 5.91 Å². The third-order valence-corrected chi connectivity index (χ3v) is 4.83. The highest BCUT2D eigenvalue weighted by Gasteiger charge is 2.11. The highest BCUT2D eigenvalue weighted by atomic mass is 16.5. The molecule has 0 spiro atoms. The molecule has 2 heterocycles. The van der Waals surface area contributed by atoms with Gasteiger partial charge in [-0.3, -0.25) is 4.79 Å². The molecule has 2 aromatic carbocycles. The number of pyridine rings is 1. The van der Waals surface area contributed by atoms with Gasteiger partial charge in [-0.05, 0) is 42.0 Å². The minimum Gasteiger partial charge on any atom is -0.378 e. The van der Waals surface area contributed by atoms with Crippen molar-refractivity contribution in [3.05, 3.63) is 84.1 Å². The summed E-state index contributed by atoms with van der Waals surface area (Å²) in [4.78, 5) is 19.1. The number of hydrogen-bond acceptors (Lipinski definition) is 5. The summed E-state index contributed by atoms with van der Waals surface area (Å²) in [7, 11) is 0. The molecule has 1 fully saturated rings. The summed E-state index contributed by atoms with van der Waals surface area (Å²) in [6, 6.07) is 21.5. The van der Waals surface area contributed by atoms with E-state index in [1.165, 1.54) is 5.69 Å². The van der Waals surface area contributed by atoms with Crippen LogP contribution >= 0.6 is 0 Å². The largest absolute Gasteiger partial charge is 0.378 e. The zero-order chi connectivity index (χ0) is 19.9. The summed E-state index contributed by atoms with van der Waals surface area (Å²) in [5.41, 5.74) is 3.74. The van der Waals surface area contributed by atoms with Crippen LogP contribution in [0.3, 0.4) is 0 Å². The fourth-order valence-electron chi connectivity index (χ4n) is 3.25. The molecule has 6 nitrogen and oxygen atoms in total. The molecule has 6 heteroatoms. The molecule has 1 aliphatic heterocycles. The minimum absolute atomic E-state index is 0.123. The van der Waals surface area contributed by atoms with E-state index in [0.29, 0.717) is 17.9 Å². The van der Waals surface area contributed by atoms with E-state index in [1.807, 2.05) is 42.5 Å². The van der Waals surface area contributed by atoms with Crippen molar-refractivity contribution in [1.82, 2.24) is 10.3 Å². The van der Waals surface area contributed by atoms with E-state index in [1.54, 1.807) is 18.3 Å². The summed E-state index contributed by atoms with van der Waals surface area (Å²) in [6.45, 7) is 3.85. The van der Waals surface area contributed by atoms with Crippen molar-refractivity contribution in [2.24, 2.45) is 0 Å². The predicted molar refractivity (Wildman–Crippen MR) is 115 cm³/mol. The zero-order valence-electron chi connectivity index (χ0n) is 16.2. The third-order valence-electron chi connectivity index (χ3n) is 4.83. The Morgan fingerprint density at radius 2 is 1.76 bits per heavy atom. The number of carbonyl (C=O) groups is 1. The van der Waals surface area contributed by atoms with Crippen molar-refractivity contribution < 1.29 is 9.53 Å². The number of morpholine rings is 1. The van der Waals surface area contributed by atoms with E-state index in [9.17, 15) is 4.79 Å². The molecule has 4 rings (SSSR count). The lowest BCUT2D eigenvalue weighted by molar-refractivity contribution is 0.0951. The summed E-state index contributed by atoms with van der Waals surface area (Å²) in [5, 5.41) is 6.21. The lowest BCUT2D eigenvalue weighted by atomic mass is 10.2. The normalized spacial score (nSPS) is 13.7. The highest BCUT2D eigenvalue weighted by Crippen LogP contribution is 2.21. The molecule has 0 saturated carbocycles. The van der Waals surface area contributed by atoms with Gasteiger partial charge < -0.3 is 20.3 Å². The van der Waals surface area contributed by atoms with E-state index in [4.69, 9.17) is 4.74 Å². The van der Waals surface area contributed by atoms with Gasteiger partial charge in [0.1, 0.15) is 5.82 Å². The van der Waals surface area contributed by atoms with Gasteiger partial charge in [-0.1, -0.05) is 30.3 Å². The van der Waals surface area contributed by atoms with Crippen molar-refractivity contribution in [3.63, 3.8) is 0 Å². The average Bonchev–Trinajstić information content (AvgIpc) is 2.79. The number of anilines is 3. The average molecular weight is 388 g/mol. The molecule has 148 valence electrons. The molecule has 1 aliphatic rings. The summed E-state index contributed by atoms with van der Waals surface area (Å²) >= 11 is 0. The summed E-state index contributed by atoms with van der Waals surface area (Å²) in [5.74, 6) is 0.512. The van der Waals surface area contributed by atoms with Crippen LogP contribution in [0.15, 0.2) is 72.9 Å². The van der Waals surface area contributed by atoms with Gasteiger partial charge in [0.25, 0.3) is 5.91 Å². The number of rotatable bonds is 6. The molecule has 0 bridgehead atoms. The zero-order valence-corrected chi connectivity index (χ0v) is 16.2. The number of aromatic nitrogens is 1. The quantitative estimate of drug-likeness (QED) is 0.676. The van der Waals surface area contributed by atoms with Crippen LogP contribution in [-0.2, 0) is 11.3 Å². The number of hydrogen-bond donors (Lipinski definition) is 2. The molecule has 1 saturated heterocycles. The first kappa shape index (κ1) is 19.0. The Kier molecular flexibility index (Phi) is 6.02. The second-order valence-electron chi connectivity index (χ2n) is 6.87. The maximum atomic E-state index is 12.5. The van der Waals surface area contributed by atoms with Crippen LogP contribution in [0, 0.1) is 0 Å². The Bertz CT molecular complexity index is 939. The Balaban J connectivity index is 1.37. The van der Waals surface area contributed by atoms with Crippen LogP contribution < -0.4 is 15.5 Å². The highest BCUT2D eigenvalue weighted by molar-refractivity contribution is 5.94. The van der Waals surface area contributed by atoms with Crippen LogP contribution in [0.4, 0.5) is 17.2 Å². The van der Waals surface area contributed by atoms with Crippen molar-refractivity contribution in [1.29, 1.82) is 0 Å². The standard InChI is InChI=1S/C23H24N4O2/c28-23(25-17-18-4-2-1-3-5-18)19-10-11-24-22(16-19)26-20-6-8-21(9-7-20)27-12-14-29-15-13-27/h1-11,16H,12-15,17H2,(H,24,26)(H,25,28). The Hall–Kier alpha value is -3.38. The Labute approximate surface area is 170 Å². The Morgan fingerprint density at radius 1 is 1.00 bits per heavy atom. The van der Waals surface area contributed by atoms with E-state index < -0.39 is 0 Å². The molecule has 2 N–H and O–H groups in total. The lowest BCUT2D eigenvalue weighted by Gasteiger charge is -2.28. The molecular weight excluding hydrogens is 364 g/mol. The Morgan fingerprint density at radius 3 is 2.52 bits per heavy atom. The van der Waals surface area contributed by atoms with Crippen LogP contribution in [0.25, 0.3) is 0 Å². The van der Waals surface area contributed by atoms with Crippen LogP contribution in [0.5, 0.6) is 0 Å². The molecule has 29 heavy (non-hydrogen) atoms. The molecule has 0 radical (unpaired) electrons. The van der Waals surface area contributed by atoms with Gasteiger partial charge in [0, 0.05) is 42.8 Å². The maximum absolute atomic E-state index is 12.5. The third kappa shape index (κ3) is 5.12. The maximum Gasteiger partial charge on any atom is 0.251 e. The number of carbonyl (C=O) groups excluding carboxylic acids is 1. The number of nitrogens with one attached hydrogen (secondary N) is 2. The number of amides is 1. The second-order valence-corrected chi connectivity index (χ2v) is 6.87. The van der Waals surface area contributed by atoms with Crippen molar-refractivity contribution in [3.8, 4) is 0 Å². The fourth-order valence-corrected chi connectivity index (χ4v) is 3.25. The van der Waals surface area contributed by atoms with Crippen molar-refractivity contribution in [2.45, 2.75) is 6.54 Å². The molecular formula is C23H24N4O2. The smallest absolute Gasteiger partial charge is 0.251 e. The molecule has 1 amide bonds. The SMILES string of the molecule is O=C(NCc1ccccc1)c1ccnc(Nc2ccc(N3CCOCC3)cc2)c1. The molecule has 3 aromatic rings. The van der Waals surface area contributed by atoms with Gasteiger partial charge >= 0.3 is 0 Å². The van der Waals surface area contributed by atoms with Crippen molar-refractivity contribution >= 4 is 23.1 Å². The van der Waals surface area contributed by atoms with Crippen LogP contribution in [0.1, 0.15) is 15.9 Å². The lowest BCUT2D eigenvalue weighted by Crippen LogP contribution is -2.36. The number of nitrogens with zero attached hydrogens (tertiary/aromatic N) is 2. The minimum atomic E-state index is -0.123. The topological polar surface area (TPSA) is 66.5 Å². The van der Waals surface area contributed by atoms with Crippen LogP contribution in [-0.4, -0.2) is 37.2 Å². The van der Waals surface area contributed by atoms with Gasteiger partial charge in [0.15, 0.2) is 0 Å².